The van der Waals surface area contributed by atoms with E-state index in [2.05, 4.69) is 16.3 Å². The van der Waals surface area contributed by atoms with Crippen LogP contribution in [0.2, 0.25) is 0 Å². The van der Waals surface area contributed by atoms with Crippen LogP contribution < -0.4 is 14.2 Å². The van der Waals surface area contributed by atoms with Crippen molar-refractivity contribution in [3.63, 3.8) is 0 Å². The maximum absolute atomic E-state index is 14.8. The van der Waals surface area contributed by atoms with Gasteiger partial charge in [-0.15, -0.1) is 6.58 Å². The van der Waals surface area contributed by atoms with Crippen LogP contribution in [-0.4, -0.2) is 72.9 Å². The highest BCUT2D eigenvalue weighted by atomic mass is 32.2. The number of hydrogen-bond donors (Lipinski definition) is 1. The number of methoxy groups -OCH3 is 1. The third-order valence-electron chi connectivity index (χ3n) is 11.5. The molecule has 300 valence electrons. The Bertz CT molecular complexity index is 2140. The maximum atomic E-state index is 14.8. The number of fused-ring (bicyclic) bond motifs is 1. The second kappa shape index (κ2) is 15.3. The van der Waals surface area contributed by atoms with E-state index in [0.717, 1.165) is 16.5 Å². The number of amides is 2. The van der Waals surface area contributed by atoms with Crippen molar-refractivity contribution >= 4 is 44.4 Å². The number of hydrogen-bond acceptors (Lipinski definition) is 10. The number of ketones is 1. The number of Topliss-reactive ketones (excluding diaryl/α,β-unsaturated/α-hetero) is 1. The van der Waals surface area contributed by atoms with E-state index in [1.165, 1.54) is 4.90 Å². The number of sulfonamides is 1. The Morgan fingerprint density at radius 1 is 1.05 bits per heavy atom. The summed E-state index contributed by atoms with van der Waals surface area (Å²) in [6, 6.07) is 14.0. The molecule has 2 amide bonds. The molecule has 1 N–H and O–H groups in total. The van der Waals surface area contributed by atoms with Gasteiger partial charge >= 0.3 is 5.97 Å². The van der Waals surface area contributed by atoms with Crippen LogP contribution in [-0.2, 0) is 39.5 Å². The van der Waals surface area contributed by atoms with Gasteiger partial charge in [-0.3, -0.25) is 23.9 Å². The lowest BCUT2D eigenvalue weighted by molar-refractivity contribution is -0.163. The Balaban J connectivity index is 1.28. The van der Waals surface area contributed by atoms with Crippen LogP contribution in [0.15, 0.2) is 67.4 Å². The number of carbonyl (C=O) groups excluding carboxylic acids is 4. The Hall–Kier alpha value is -4.78. The van der Waals surface area contributed by atoms with Gasteiger partial charge in [0.15, 0.2) is 5.78 Å². The molecule has 2 aromatic carbocycles. The van der Waals surface area contributed by atoms with Crippen molar-refractivity contribution in [2.45, 2.75) is 103 Å². The summed E-state index contributed by atoms with van der Waals surface area (Å²) in [6.45, 7) is 15.0. The molecular weight excluding hydrogens is 735 g/mol. The zero-order chi connectivity index (χ0) is 40.8. The van der Waals surface area contributed by atoms with Gasteiger partial charge in [0.05, 0.1) is 42.7 Å². The van der Waals surface area contributed by atoms with E-state index in [1.807, 2.05) is 70.2 Å². The first-order valence-electron chi connectivity index (χ1n) is 19.2. The monoisotopic (exact) mass is 787 g/mol. The van der Waals surface area contributed by atoms with E-state index in [1.54, 1.807) is 39.3 Å². The minimum absolute atomic E-state index is 0.0140. The number of aryl methyl sites for hydroxylation is 1. The van der Waals surface area contributed by atoms with E-state index in [4.69, 9.17) is 14.2 Å². The number of carbonyl (C=O) groups is 4. The van der Waals surface area contributed by atoms with Crippen molar-refractivity contribution in [2.75, 3.05) is 13.7 Å². The summed E-state index contributed by atoms with van der Waals surface area (Å²) in [4.78, 5) is 62.5. The minimum atomic E-state index is -3.87. The number of allylic oxidation sites excluding steroid dienone is 1. The largest absolute Gasteiger partial charge is 0.497 e. The fourth-order valence-corrected chi connectivity index (χ4v) is 9.10. The summed E-state index contributed by atoms with van der Waals surface area (Å²) in [5.41, 5.74) is -1.12. The molecule has 3 fully saturated rings. The van der Waals surface area contributed by atoms with Crippen LogP contribution in [0.5, 0.6) is 11.6 Å². The second-order valence-corrected chi connectivity index (χ2v) is 19.1. The number of esters is 1. The van der Waals surface area contributed by atoms with Crippen molar-refractivity contribution in [3.05, 3.63) is 78.5 Å². The molecule has 1 aliphatic heterocycles. The summed E-state index contributed by atoms with van der Waals surface area (Å²) in [5.74, 6) is -2.44. The summed E-state index contributed by atoms with van der Waals surface area (Å²) in [5, 5.41) is 0.922. The highest BCUT2D eigenvalue weighted by Gasteiger charge is 2.61. The van der Waals surface area contributed by atoms with Crippen molar-refractivity contribution < 1.29 is 41.8 Å². The highest BCUT2D eigenvalue weighted by molar-refractivity contribution is 7.90. The maximum Gasteiger partial charge on any atom is 0.307 e. The SMILES string of the molecule is C=C[C@@H]1C[C@]1(CC(=O)[C@@H]1C[C@@H](Oc2nccc3cc(OC)ccc23)CN1C(=O)[C@@H](CC(=O)OC(C)(C)c1ccc(C)cc1)C(C)(C)C)C(=O)NS(=O)(=O)C1CC1. The zero-order valence-electron chi connectivity index (χ0n) is 33.3. The average molecular weight is 788 g/mol. The minimum Gasteiger partial charge on any atom is -0.497 e. The van der Waals surface area contributed by atoms with Gasteiger partial charge in [0.25, 0.3) is 0 Å². The molecule has 56 heavy (non-hydrogen) atoms. The summed E-state index contributed by atoms with van der Waals surface area (Å²) in [7, 11) is -2.29. The van der Waals surface area contributed by atoms with Crippen LogP contribution in [0.1, 0.15) is 84.3 Å². The van der Waals surface area contributed by atoms with E-state index in [0.29, 0.717) is 29.9 Å². The molecular formula is C43H53N3O9S. The van der Waals surface area contributed by atoms with E-state index in [9.17, 15) is 27.6 Å². The molecule has 12 nitrogen and oxygen atoms in total. The number of likely N-dealkylation sites (tertiary alicyclic amines) is 1. The molecule has 1 saturated heterocycles. The lowest BCUT2D eigenvalue weighted by Gasteiger charge is -2.35. The number of benzene rings is 2. The predicted molar refractivity (Wildman–Crippen MR) is 211 cm³/mol. The smallest absolute Gasteiger partial charge is 0.307 e. The number of rotatable bonds is 15. The third-order valence-corrected chi connectivity index (χ3v) is 13.3. The Morgan fingerprint density at radius 2 is 1.75 bits per heavy atom. The molecule has 0 spiro atoms. The van der Waals surface area contributed by atoms with Gasteiger partial charge in [0.2, 0.25) is 27.7 Å². The Labute approximate surface area is 329 Å². The number of aromatic nitrogens is 1. The molecule has 2 aliphatic carbocycles. The standard InChI is InChI=1S/C43H53N3O9S/c1-9-28-23-43(28,40(50)45-56(51,52)32-15-16-32)24-36(47)35-21-31(54-38-33-17-14-30(53-8)20-27(33)18-19-44-38)25-46(35)39(49)34(41(3,4)5)22-37(48)55-42(6,7)29-12-10-26(2)11-13-29/h9-14,17-20,28,31-32,34-35H,1,15-16,21-25H2,2-8H3,(H,45,50)/t28-,31-,34-,35+,43-/m1/s1. The van der Waals surface area contributed by atoms with Gasteiger partial charge in [0.1, 0.15) is 17.5 Å². The molecule has 3 aliphatic rings. The normalized spacial score (nSPS) is 22.9. The van der Waals surface area contributed by atoms with Crippen LogP contribution in [0.3, 0.4) is 0 Å². The first-order valence-corrected chi connectivity index (χ1v) is 20.7. The fourth-order valence-electron chi connectivity index (χ4n) is 7.72. The van der Waals surface area contributed by atoms with Gasteiger partial charge in [0, 0.05) is 24.4 Å². The molecule has 0 bridgehead atoms. The number of nitrogens with one attached hydrogen (secondary N) is 1. The van der Waals surface area contributed by atoms with Gasteiger partial charge in [-0.2, -0.15) is 0 Å². The number of pyridine rings is 1. The molecule has 6 rings (SSSR count). The Morgan fingerprint density at radius 3 is 2.36 bits per heavy atom. The van der Waals surface area contributed by atoms with E-state index < -0.39 is 79.3 Å². The molecule has 2 saturated carbocycles. The van der Waals surface area contributed by atoms with Crippen LogP contribution >= 0.6 is 0 Å². The quantitative estimate of drug-likeness (QED) is 0.139. The molecule has 2 heterocycles. The third kappa shape index (κ3) is 8.62. The van der Waals surface area contributed by atoms with Crippen molar-refractivity contribution in [1.29, 1.82) is 0 Å². The molecule has 3 aromatic rings. The van der Waals surface area contributed by atoms with Crippen LogP contribution in [0, 0.1) is 29.6 Å². The Kier molecular flexibility index (Phi) is 11.2. The first-order chi connectivity index (χ1) is 26.3. The van der Waals surface area contributed by atoms with Gasteiger partial charge in [-0.25, -0.2) is 13.4 Å². The number of nitrogens with zero attached hydrogens (tertiary/aromatic N) is 2. The van der Waals surface area contributed by atoms with Gasteiger partial charge in [-0.1, -0.05) is 56.7 Å². The predicted octanol–water partition coefficient (Wildman–Crippen LogP) is 6.19. The average Bonchev–Trinajstić information content (AvgIpc) is 4.06. The van der Waals surface area contributed by atoms with Crippen LogP contribution in [0.4, 0.5) is 0 Å². The van der Waals surface area contributed by atoms with Crippen molar-refractivity contribution in [1.82, 2.24) is 14.6 Å². The molecule has 0 unspecified atom stereocenters. The summed E-state index contributed by atoms with van der Waals surface area (Å²) >= 11 is 0. The summed E-state index contributed by atoms with van der Waals surface area (Å²) < 4.78 is 45.6. The van der Waals surface area contributed by atoms with E-state index in [-0.39, 0.29) is 32.2 Å². The topological polar surface area (TPSA) is 158 Å². The number of ether oxygens (including phenoxy) is 3. The van der Waals surface area contributed by atoms with E-state index >= 15 is 0 Å². The first kappa shape index (κ1) is 40.9. The zero-order valence-corrected chi connectivity index (χ0v) is 34.1. The lowest BCUT2D eigenvalue weighted by Crippen LogP contribution is -2.49. The summed E-state index contributed by atoms with van der Waals surface area (Å²) in [6.07, 6.45) is 3.28. The highest BCUT2D eigenvalue weighted by Crippen LogP contribution is 2.57. The van der Waals surface area contributed by atoms with Gasteiger partial charge in [-0.05, 0) is 86.6 Å². The van der Waals surface area contributed by atoms with Gasteiger partial charge < -0.3 is 19.1 Å². The fraction of sp³-hybridized carbons (Fsp3) is 0.512. The molecule has 13 heteroatoms. The molecule has 0 radical (unpaired) electrons. The van der Waals surface area contributed by atoms with Crippen molar-refractivity contribution in [3.8, 4) is 11.6 Å². The lowest BCUT2D eigenvalue weighted by atomic mass is 9.77. The molecule has 1 aromatic heterocycles. The van der Waals surface area contributed by atoms with Crippen molar-refractivity contribution in [2.24, 2.45) is 22.7 Å². The second-order valence-electron chi connectivity index (χ2n) is 17.2. The van der Waals surface area contributed by atoms with Crippen LogP contribution in [0.25, 0.3) is 10.8 Å². The molecule has 5 atom stereocenters.